The van der Waals surface area contributed by atoms with Crippen LogP contribution >= 0.6 is 28.1 Å². The van der Waals surface area contributed by atoms with Crippen molar-refractivity contribution in [1.82, 2.24) is 10.3 Å². The summed E-state index contributed by atoms with van der Waals surface area (Å²) in [7, 11) is 0. The zero-order valence-electron chi connectivity index (χ0n) is 19.0. The van der Waals surface area contributed by atoms with Crippen molar-refractivity contribution in [3.8, 4) is 11.3 Å². The van der Waals surface area contributed by atoms with E-state index in [4.69, 9.17) is 16.6 Å². The number of aromatic nitrogens is 1. The van der Waals surface area contributed by atoms with Crippen LogP contribution in [0.4, 0.5) is 5.69 Å². The standard InChI is InChI=1S/C27H22BrN3O3S/c1-15-13-17(26(32)33)6-8-19(15)22-10-11-23(34-22)25-24(21-5-3-4-12-29-21)30-27(35)31(25)18-7-9-20(28)16(2)14-18/h3-14,24-25H,1-2H3,(H,30,35)(H,32,33)/t24-,25+/m0/s1. The second kappa shape index (κ2) is 9.28. The lowest BCUT2D eigenvalue weighted by atomic mass is 10.0. The molecule has 0 saturated carbocycles. The maximum atomic E-state index is 11.3. The first-order valence-corrected chi connectivity index (χ1v) is 12.2. The number of rotatable bonds is 5. The number of anilines is 1. The van der Waals surface area contributed by atoms with E-state index in [1.807, 2.05) is 56.3 Å². The van der Waals surface area contributed by atoms with Crippen LogP contribution in [0.5, 0.6) is 0 Å². The van der Waals surface area contributed by atoms with Crippen molar-refractivity contribution in [2.45, 2.75) is 25.9 Å². The molecule has 2 N–H and O–H groups in total. The Morgan fingerprint density at radius 2 is 1.91 bits per heavy atom. The van der Waals surface area contributed by atoms with Crippen molar-refractivity contribution in [2.24, 2.45) is 0 Å². The van der Waals surface area contributed by atoms with Gasteiger partial charge < -0.3 is 19.7 Å². The lowest BCUT2D eigenvalue weighted by Gasteiger charge is -2.26. The van der Waals surface area contributed by atoms with Gasteiger partial charge in [0.05, 0.1) is 17.3 Å². The summed E-state index contributed by atoms with van der Waals surface area (Å²) < 4.78 is 7.44. The molecule has 4 aromatic rings. The molecule has 2 aromatic carbocycles. The zero-order chi connectivity index (χ0) is 24.7. The average molecular weight is 548 g/mol. The highest BCUT2D eigenvalue weighted by molar-refractivity contribution is 9.10. The average Bonchev–Trinajstić information content (AvgIpc) is 3.46. The van der Waals surface area contributed by atoms with Gasteiger partial charge in [-0.25, -0.2) is 4.79 Å². The van der Waals surface area contributed by atoms with Crippen LogP contribution in [0, 0.1) is 13.8 Å². The summed E-state index contributed by atoms with van der Waals surface area (Å²) in [6.07, 6.45) is 1.77. The number of furan rings is 1. The van der Waals surface area contributed by atoms with Crippen LogP contribution in [0.15, 0.2) is 81.8 Å². The molecule has 0 unspecified atom stereocenters. The van der Waals surface area contributed by atoms with Gasteiger partial charge in [-0.1, -0.05) is 28.1 Å². The second-order valence-electron chi connectivity index (χ2n) is 8.47. The molecule has 0 spiro atoms. The normalized spacial score (nSPS) is 17.5. The zero-order valence-corrected chi connectivity index (χ0v) is 21.4. The van der Waals surface area contributed by atoms with E-state index in [1.54, 1.807) is 24.4 Å². The fourth-order valence-electron chi connectivity index (χ4n) is 4.43. The van der Waals surface area contributed by atoms with E-state index in [-0.39, 0.29) is 17.6 Å². The van der Waals surface area contributed by atoms with Gasteiger partial charge in [0.1, 0.15) is 17.6 Å². The topological polar surface area (TPSA) is 78.6 Å². The minimum Gasteiger partial charge on any atom is -0.478 e. The minimum absolute atomic E-state index is 0.220. The highest BCUT2D eigenvalue weighted by Crippen LogP contribution is 2.43. The first kappa shape index (κ1) is 23.3. The highest BCUT2D eigenvalue weighted by Gasteiger charge is 2.42. The molecule has 176 valence electrons. The van der Waals surface area contributed by atoms with Gasteiger partial charge in [0.25, 0.3) is 0 Å². The molecule has 2 atom stereocenters. The first-order chi connectivity index (χ1) is 16.8. The lowest BCUT2D eigenvalue weighted by molar-refractivity contribution is 0.0697. The molecule has 1 fully saturated rings. The number of aryl methyl sites for hydroxylation is 2. The molecule has 1 aliphatic rings. The van der Waals surface area contributed by atoms with Crippen molar-refractivity contribution in [1.29, 1.82) is 0 Å². The number of aromatic carboxylic acids is 1. The highest BCUT2D eigenvalue weighted by atomic mass is 79.9. The molecule has 0 amide bonds. The maximum Gasteiger partial charge on any atom is 0.335 e. The molecule has 0 bridgehead atoms. The quantitative estimate of drug-likeness (QED) is 0.272. The monoisotopic (exact) mass is 547 g/mol. The Hall–Kier alpha value is -3.49. The third-order valence-electron chi connectivity index (χ3n) is 6.17. The fourth-order valence-corrected chi connectivity index (χ4v) is 5.02. The molecule has 8 heteroatoms. The van der Waals surface area contributed by atoms with Crippen LogP contribution in [0.2, 0.25) is 0 Å². The Labute approximate surface area is 216 Å². The smallest absolute Gasteiger partial charge is 0.335 e. The van der Waals surface area contributed by atoms with E-state index in [9.17, 15) is 9.90 Å². The van der Waals surface area contributed by atoms with Gasteiger partial charge in [0, 0.05) is 21.9 Å². The van der Waals surface area contributed by atoms with Gasteiger partial charge in [-0.05, 0) is 91.8 Å². The number of carboxylic acid groups (broad SMARTS) is 1. The SMILES string of the molecule is Cc1cc(N2C(=S)N[C@@H](c3ccccn3)[C@H]2c2ccc(-c3ccc(C(=O)O)cc3C)o2)ccc1Br. The van der Waals surface area contributed by atoms with Gasteiger partial charge in [-0.15, -0.1) is 0 Å². The van der Waals surface area contributed by atoms with E-state index in [1.165, 1.54) is 0 Å². The van der Waals surface area contributed by atoms with Gasteiger partial charge in [-0.3, -0.25) is 4.98 Å². The Morgan fingerprint density at radius 3 is 2.60 bits per heavy atom. The van der Waals surface area contributed by atoms with Crippen molar-refractivity contribution in [2.75, 3.05) is 4.90 Å². The number of nitrogens with zero attached hydrogens (tertiary/aromatic N) is 2. The molecule has 5 rings (SSSR count). The fraction of sp³-hybridized carbons (Fsp3) is 0.148. The van der Waals surface area contributed by atoms with Crippen molar-refractivity contribution in [3.63, 3.8) is 0 Å². The Bertz CT molecular complexity index is 1440. The molecule has 2 aromatic heterocycles. The van der Waals surface area contributed by atoms with Gasteiger partial charge >= 0.3 is 5.97 Å². The summed E-state index contributed by atoms with van der Waals surface area (Å²) in [5, 5.41) is 13.3. The molecular weight excluding hydrogens is 526 g/mol. The summed E-state index contributed by atoms with van der Waals surface area (Å²) >= 11 is 9.37. The Morgan fingerprint density at radius 1 is 1.09 bits per heavy atom. The van der Waals surface area contributed by atoms with Gasteiger partial charge in [0.2, 0.25) is 0 Å². The van der Waals surface area contributed by atoms with Crippen molar-refractivity contribution in [3.05, 3.63) is 106 Å². The van der Waals surface area contributed by atoms with Crippen LogP contribution in [-0.2, 0) is 0 Å². The van der Waals surface area contributed by atoms with Gasteiger partial charge in [-0.2, -0.15) is 0 Å². The van der Waals surface area contributed by atoms with E-state index < -0.39 is 5.97 Å². The van der Waals surface area contributed by atoms with E-state index >= 15 is 0 Å². The molecule has 35 heavy (non-hydrogen) atoms. The van der Waals surface area contributed by atoms with Crippen LogP contribution < -0.4 is 10.2 Å². The number of hydrogen-bond donors (Lipinski definition) is 2. The number of benzene rings is 2. The first-order valence-electron chi connectivity index (χ1n) is 11.0. The number of pyridine rings is 1. The third-order valence-corrected chi connectivity index (χ3v) is 7.38. The lowest BCUT2D eigenvalue weighted by Crippen LogP contribution is -2.29. The largest absolute Gasteiger partial charge is 0.478 e. The molecular formula is C27H22BrN3O3S. The number of carbonyl (C=O) groups is 1. The number of carboxylic acids is 1. The van der Waals surface area contributed by atoms with Crippen LogP contribution in [0.1, 0.15) is 45.0 Å². The van der Waals surface area contributed by atoms with Crippen LogP contribution in [0.25, 0.3) is 11.3 Å². The number of halogens is 1. The Kier molecular flexibility index (Phi) is 6.17. The van der Waals surface area contributed by atoms with Gasteiger partial charge in [0.15, 0.2) is 5.11 Å². The summed E-state index contributed by atoms with van der Waals surface area (Å²) in [5.74, 6) is 0.438. The predicted octanol–water partition coefficient (Wildman–Crippen LogP) is 6.60. The predicted molar refractivity (Wildman–Crippen MR) is 143 cm³/mol. The maximum absolute atomic E-state index is 11.3. The molecule has 0 aliphatic carbocycles. The van der Waals surface area contributed by atoms with E-state index in [2.05, 4.69) is 37.2 Å². The Balaban J connectivity index is 1.60. The number of hydrogen-bond acceptors (Lipinski definition) is 4. The summed E-state index contributed by atoms with van der Waals surface area (Å²) in [5.41, 5.74) is 4.82. The minimum atomic E-state index is -0.955. The molecule has 0 radical (unpaired) electrons. The number of thiocarbonyl (C=S) groups is 1. The molecule has 1 aliphatic heterocycles. The molecule has 3 heterocycles. The third kappa shape index (κ3) is 4.35. The van der Waals surface area contributed by atoms with Crippen molar-refractivity contribution >= 4 is 44.9 Å². The van der Waals surface area contributed by atoms with Crippen molar-refractivity contribution < 1.29 is 14.3 Å². The second-order valence-corrected chi connectivity index (χ2v) is 9.71. The van der Waals surface area contributed by atoms with Crippen LogP contribution in [0.3, 0.4) is 0 Å². The summed E-state index contributed by atoms with van der Waals surface area (Å²) in [6.45, 7) is 3.92. The number of nitrogens with one attached hydrogen (secondary N) is 1. The summed E-state index contributed by atoms with van der Waals surface area (Å²) in [4.78, 5) is 18.0. The molecule has 1 saturated heterocycles. The summed E-state index contributed by atoms with van der Waals surface area (Å²) in [6, 6.07) is 20.3. The van der Waals surface area contributed by atoms with Crippen LogP contribution in [-0.4, -0.2) is 21.2 Å². The van der Waals surface area contributed by atoms with E-state index in [0.717, 1.165) is 38.3 Å². The molecule has 6 nitrogen and oxygen atoms in total. The van der Waals surface area contributed by atoms with E-state index in [0.29, 0.717) is 10.9 Å².